The van der Waals surface area contributed by atoms with Gasteiger partial charge in [-0.1, -0.05) is 129 Å². The molecule has 31 heavy (non-hydrogen) atoms. The summed E-state index contributed by atoms with van der Waals surface area (Å²) < 4.78 is 5.29. The first-order chi connectivity index (χ1) is 15.3. The molecule has 178 valence electrons. The number of rotatable bonds is 22. The molecule has 0 spiro atoms. The Hall–Kier alpha value is -1.38. The number of pyridine rings is 1. The topological polar surface area (TPSA) is 39.2 Å². The average molecular weight is 432 g/mol. The molecular formula is C28H49NO2. The minimum absolute atomic E-state index is 0.0872. The Kier molecular flexibility index (Phi) is 19.5. The summed E-state index contributed by atoms with van der Waals surface area (Å²) >= 11 is 0. The molecule has 3 heteroatoms. The van der Waals surface area contributed by atoms with Crippen LogP contribution in [0.25, 0.3) is 0 Å². The molecule has 1 rings (SSSR count). The molecular weight excluding hydrogens is 382 g/mol. The van der Waals surface area contributed by atoms with E-state index in [1.807, 2.05) is 12.1 Å². The number of ether oxygens (including phenoxy) is 1. The highest BCUT2D eigenvalue weighted by Gasteiger charge is 2.03. The minimum atomic E-state index is -0.0872. The van der Waals surface area contributed by atoms with Crippen molar-refractivity contribution in [1.29, 1.82) is 0 Å². The number of aromatic nitrogens is 1. The molecule has 0 aliphatic carbocycles. The number of hydrogen-bond donors (Lipinski definition) is 0. The van der Waals surface area contributed by atoms with Gasteiger partial charge in [-0.25, -0.2) is 0 Å². The lowest BCUT2D eigenvalue weighted by molar-refractivity contribution is -0.145. The van der Waals surface area contributed by atoms with Crippen molar-refractivity contribution in [3.05, 3.63) is 30.1 Å². The van der Waals surface area contributed by atoms with Gasteiger partial charge in [0.1, 0.15) is 6.61 Å². The number of hydrogen-bond acceptors (Lipinski definition) is 3. The minimum Gasteiger partial charge on any atom is -0.461 e. The molecule has 0 N–H and O–H groups in total. The first-order valence-corrected chi connectivity index (χ1v) is 13.4. The molecule has 0 saturated heterocycles. The van der Waals surface area contributed by atoms with Crippen LogP contribution in [0.3, 0.4) is 0 Å². The Bertz CT molecular complexity index is 503. The largest absolute Gasteiger partial charge is 0.461 e. The van der Waals surface area contributed by atoms with Crippen LogP contribution in [0.2, 0.25) is 0 Å². The van der Waals surface area contributed by atoms with E-state index in [4.69, 9.17) is 4.74 Å². The first kappa shape index (κ1) is 27.7. The molecule has 3 nitrogen and oxygen atoms in total. The number of nitrogens with zero attached hydrogens (tertiary/aromatic N) is 1. The van der Waals surface area contributed by atoms with Crippen LogP contribution in [0.1, 0.15) is 141 Å². The lowest BCUT2D eigenvalue weighted by atomic mass is 10.0. The lowest BCUT2D eigenvalue weighted by Crippen LogP contribution is -2.04. The van der Waals surface area contributed by atoms with Gasteiger partial charge in [0.15, 0.2) is 0 Å². The van der Waals surface area contributed by atoms with Gasteiger partial charge in [0.2, 0.25) is 0 Å². The average Bonchev–Trinajstić information content (AvgIpc) is 2.80. The van der Waals surface area contributed by atoms with E-state index in [1.165, 1.54) is 109 Å². The second kappa shape index (κ2) is 21.8. The van der Waals surface area contributed by atoms with E-state index in [2.05, 4.69) is 11.9 Å². The van der Waals surface area contributed by atoms with Crippen molar-refractivity contribution in [2.24, 2.45) is 0 Å². The van der Waals surface area contributed by atoms with Gasteiger partial charge < -0.3 is 4.74 Å². The summed E-state index contributed by atoms with van der Waals surface area (Å²) in [6.07, 6.45) is 30.0. The van der Waals surface area contributed by atoms with Crippen LogP contribution in [-0.2, 0) is 16.1 Å². The highest BCUT2D eigenvalue weighted by atomic mass is 16.5. The van der Waals surface area contributed by atoms with Crippen molar-refractivity contribution in [3.63, 3.8) is 0 Å². The van der Waals surface area contributed by atoms with Crippen molar-refractivity contribution in [2.75, 3.05) is 0 Å². The highest BCUT2D eigenvalue weighted by molar-refractivity contribution is 5.69. The zero-order valence-electron chi connectivity index (χ0n) is 20.4. The molecule has 1 heterocycles. The van der Waals surface area contributed by atoms with Crippen molar-refractivity contribution < 1.29 is 9.53 Å². The van der Waals surface area contributed by atoms with E-state index < -0.39 is 0 Å². The zero-order valence-corrected chi connectivity index (χ0v) is 20.4. The van der Waals surface area contributed by atoms with Gasteiger partial charge in [0.05, 0.1) is 0 Å². The fourth-order valence-corrected chi connectivity index (χ4v) is 4.07. The van der Waals surface area contributed by atoms with Gasteiger partial charge in [0, 0.05) is 24.4 Å². The number of unbranched alkanes of at least 4 members (excludes halogenated alkanes) is 18. The molecule has 0 bridgehead atoms. The van der Waals surface area contributed by atoms with E-state index >= 15 is 0 Å². The normalized spacial score (nSPS) is 11.0. The van der Waals surface area contributed by atoms with Gasteiger partial charge >= 0.3 is 5.97 Å². The third-order valence-corrected chi connectivity index (χ3v) is 6.11. The van der Waals surface area contributed by atoms with Crippen LogP contribution in [0.15, 0.2) is 24.5 Å². The third-order valence-electron chi connectivity index (χ3n) is 6.11. The Balaban J connectivity index is 1.72. The van der Waals surface area contributed by atoms with Crippen LogP contribution >= 0.6 is 0 Å². The second-order valence-electron chi connectivity index (χ2n) is 9.14. The standard InChI is InChI=1S/C28H49NO2/c1-2-3-4-5-6-7-8-9-10-11-12-13-14-15-16-17-18-19-20-23-28(30)31-26-27-22-21-24-29-25-27/h21-22,24-25H,2-20,23,26H2,1H3. The van der Waals surface area contributed by atoms with Gasteiger partial charge in [-0.2, -0.15) is 0 Å². The Morgan fingerprint density at radius 1 is 0.710 bits per heavy atom. The monoisotopic (exact) mass is 431 g/mol. The van der Waals surface area contributed by atoms with Crippen LogP contribution in [-0.4, -0.2) is 11.0 Å². The van der Waals surface area contributed by atoms with Crippen LogP contribution < -0.4 is 0 Å². The summed E-state index contributed by atoms with van der Waals surface area (Å²) in [5, 5.41) is 0. The molecule has 0 unspecified atom stereocenters. The van der Waals surface area contributed by atoms with E-state index in [-0.39, 0.29) is 5.97 Å². The quantitative estimate of drug-likeness (QED) is 0.136. The van der Waals surface area contributed by atoms with Crippen molar-refractivity contribution in [3.8, 4) is 0 Å². The Labute approximate surface area is 192 Å². The smallest absolute Gasteiger partial charge is 0.306 e. The van der Waals surface area contributed by atoms with Crippen LogP contribution in [0, 0.1) is 0 Å². The van der Waals surface area contributed by atoms with Crippen molar-refractivity contribution in [1.82, 2.24) is 4.98 Å². The molecule has 0 aliphatic rings. The van der Waals surface area contributed by atoms with E-state index in [0.717, 1.165) is 18.4 Å². The summed E-state index contributed by atoms with van der Waals surface area (Å²) in [5.74, 6) is -0.0872. The fraction of sp³-hybridized carbons (Fsp3) is 0.786. The van der Waals surface area contributed by atoms with Gasteiger partial charge in [0.25, 0.3) is 0 Å². The summed E-state index contributed by atoms with van der Waals surface area (Å²) in [6.45, 7) is 2.63. The fourth-order valence-electron chi connectivity index (χ4n) is 4.07. The van der Waals surface area contributed by atoms with Gasteiger partial charge in [-0.15, -0.1) is 0 Å². The molecule has 1 aromatic heterocycles. The Morgan fingerprint density at radius 3 is 1.58 bits per heavy atom. The van der Waals surface area contributed by atoms with Gasteiger partial charge in [-0.3, -0.25) is 9.78 Å². The first-order valence-electron chi connectivity index (χ1n) is 13.4. The number of carbonyl (C=O) groups is 1. The highest BCUT2D eigenvalue weighted by Crippen LogP contribution is 2.15. The van der Waals surface area contributed by atoms with Crippen LogP contribution in [0.5, 0.6) is 0 Å². The third kappa shape index (κ3) is 19.1. The number of esters is 1. The molecule has 0 saturated carbocycles. The second-order valence-corrected chi connectivity index (χ2v) is 9.14. The molecule has 0 aromatic carbocycles. The maximum absolute atomic E-state index is 11.8. The lowest BCUT2D eigenvalue weighted by Gasteiger charge is -2.05. The summed E-state index contributed by atoms with van der Waals surface area (Å²) in [7, 11) is 0. The maximum Gasteiger partial charge on any atom is 0.306 e. The van der Waals surface area contributed by atoms with Crippen molar-refractivity contribution in [2.45, 2.75) is 142 Å². The van der Waals surface area contributed by atoms with Crippen molar-refractivity contribution >= 4 is 5.97 Å². The van der Waals surface area contributed by atoms with E-state index in [1.54, 1.807) is 12.4 Å². The molecule has 0 fully saturated rings. The van der Waals surface area contributed by atoms with Gasteiger partial charge in [-0.05, 0) is 12.5 Å². The summed E-state index contributed by atoms with van der Waals surface area (Å²) in [6, 6.07) is 3.79. The van der Waals surface area contributed by atoms with Crippen LogP contribution in [0.4, 0.5) is 0 Å². The molecule has 0 radical (unpaired) electrons. The zero-order chi connectivity index (χ0) is 22.2. The van der Waals surface area contributed by atoms with E-state index in [9.17, 15) is 4.79 Å². The summed E-state index contributed by atoms with van der Waals surface area (Å²) in [4.78, 5) is 15.8. The summed E-state index contributed by atoms with van der Waals surface area (Å²) in [5.41, 5.74) is 0.948. The Morgan fingerprint density at radius 2 is 1.16 bits per heavy atom. The van der Waals surface area contributed by atoms with E-state index in [0.29, 0.717) is 13.0 Å². The molecule has 1 aromatic rings. The molecule has 0 atom stereocenters. The predicted octanol–water partition coefficient (Wildman–Crippen LogP) is 8.95. The SMILES string of the molecule is CCCCCCCCCCCCCCCCCCCCCC(=O)OCc1cccnc1. The number of carbonyl (C=O) groups excluding carboxylic acids is 1. The predicted molar refractivity (Wildman–Crippen MR) is 132 cm³/mol. The molecule has 0 amide bonds. The maximum atomic E-state index is 11.8. The molecule has 0 aliphatic heterocycles.